The molecule has 7 nitrogen and oxygen atoms in total. The first-order chi connectivity index (χ1) is 16.6. The quantitative estimate of drug-likeness (QED) is 0.419. The summed E-state index contributed by atoms with van der Waals surface area (Å²) in [6.45, 7) is 6.80. The normalized spacial score (nSPS) is 11.8. The minimum Gasteiger partial charge on any atom is -0.467 e. The standard InChI is InChI=1S/C27H28N2O5/c1-3-13-28(27(31)22-10-7-20(4-2)8-11-22)18-26(30)29(17-23-6-5-14-32-23)16-21-9-12-24-25(15-21)34-19-33-24/h3,5-12,14-15H,1,4,13,16-19H2,2H3. The number of carbonyl (C=O) groups is 2. The van der Waals surface area contributed by atoms with E-state index in [0.29, 0.717) is 29.4 Å². The molecule has 2 amide bonds. The van der Waals surface area contributed by atoms with Gasteiger partial charge in [-0.25, -0.2) is 0 Å². The highest BCUT2D eigenvalue weighted by Gasteiger charge is 2.23. The molecule has 0 fully saturated rings. The molecule has 0 aliphatic carbocycles. The fourth-order valence-electron chi connectivity index (χ4n) is 3.79. The van der Waals surface area contributed by atoms with Gasteiger partial charge in [-0.1, -0.05) is 31.2 Å². The van der Waals surface area contributed by atoms with Gasteiger partial charge in [0.2, 0.25) is 12.7 Å². The molecule has 0 spiro atoms. The molecule has 2 heterocycles. The second-order valence-corrected chi connectivity index (χ2v) is 8.04. The van der Waals surface area contributed by atoms with Crippen molar-refractivity contribution in [1.29, 1.82) is 0 Å². The van der Waals surface area contributed by atoms with Crippen molar-refractivity contribution in [3.63, 3.8) is 0 Å². The van der Waals surface area contributed by atoms with Crippen LogP contribution >= 0.6 is 0 Å². The largest absolute Gasteiger partial charge is 0.467 e. The number of furan rings is 1. The number of rotatable bonds is 10. The Balaban J connectivity index is 1.52. The van der Waals surface area contributed by atoms with Gasteiger partial charge in [0.25, 0.3) is 5.91 Å². The molecule has 0 radical (unpaired) electrons. The van der Waals surface area contributed by atoms with Gasteiger partial charge >= 0.3 is 0 Å². The molecule has 1 aliphatic heterocycles. The van der Waals surface area contributed by atoms with E-state index in [4.69, 9.17) is 13.9 Å². The number of carbonyl (C=O) groups excluding carboxylic acids is 2. The highest BCUT2D eigenvalue weighted by Crippen LogP contribution is 2.33. The number of hydrogen-bond donors (Lipinski definition) is 0. The SMILES string of the molecule is C=CCN(CC(=O)N(Cc1ccc2c(c1)OCO2)Cc1ccco1)C(=O)c1ccc(CC)cc1. The molecule has 0 atom stereocenters. The summed E-state index contributed by atoms with van der Waals surface area (Å²) in [6.07, 6.45) is 4.09. The zero-order valence-electron chi connectivity index (χ0n) is 19.2. The summed E-state index contributed by atoms with van der Waals surface area (Å²) in [5, 5.41) is 0. The Morgan fingerprint density at radius 3 is 2.44 bits per heavy atom. The van der Waals surface area contributed by atoms with Crippen molar-refractivity contribution in [2.45, 2.75) is 26.4 Å². The summed E-state index contributed by atoms with van der Waals surface area (Å²) in [5.41, 5.74) is 2.58. The van der Waals surface area contributed by atoms with Gasteiger partial charge in [0.1, 0.15) is 12.3 Å². The Bertz CT molecular complexity index is 1140. The van der Waals surface area contributed by atoms with Crippen molar-refractivity contribution in [2.24, 2.45) is 0 Å². The Morgan fingerprint density at radius 1 is 0.971 bits per heavy atom. The van der Waals surface area contributed by atoms with Crippen LogP contribution in [0.15, 0.2) is 77.9 Å². The number of amides is 2. The van der Waals surface area contributed by atoms with E-state index in [2.05, 4.69) is 13.5 Å². The third-order valence-electron chi connectivity index (χ3n) is 5.66. The van der Waals surface area contributed by atoms with Crippen LogP contribution in [-0.4, -0.2) is 41.5 Å². The second-order valence-electron chi connectivity index (χ2n) is 8.04. The fourth-order valence-corrected chi connectivity index (χ4v) is 3.79. The lowest BCUT2D eigenvalue weighted by Crippen LogP contribution is -2.42. The number of benzene rings is 2. The third kappa shape index (κ3) is 5.49. The Morgan fingerprint density at radius 2 is 1.74 bits per heavy atom. The monoisotopic (exact) mass is 460 g/mol. The van der Waals surface area contributed by atoms with Gasteiger partial charge in [0, 0.05) is 18.7 Å². The predicted octanol–water partition coefficient (Wildman–Crippen LogP) is 4.43. The van der Waals surface area contributed by atoms with Gasteiger partial charge in [-0.05, 0) is 53.9 Å². The zero-order valence-corrected chi connectivity index (χ0v) is 19.2. The summed E-state index contributed by atoms with van der Waals surface area (Å²) >= 11 is 0. The molecule has 0 bridgehead atoms. The topological polar surface area (TPSA) is 72.2 Å². The summed E-state index contributed by atoms with van der Waals surface area (Å²) in [4.78, 5) is 29.8. The van der Waals surface area contributed by atoms with Crippen molar-refractivity contribution in [1.82, 2.24) is 9.80 Å². The lowest BCUT2D eigenvalue weighted by molar-refractivity contribution is -0.133. The maximum Gasteiger partial charge on any atom is 0.254 e. The molecule has 0 saturated heterocycles. The van der Waals surface area contributed by atoms with Crippen LogP contribution in [0.3, 0.4) is 0 Å². The number of hydrogen-bond acceptors (Lipinski definition) is 5. The highest BCUT2D eigenvalue weighted by molar-refractivity contribution is 5.96. The first kappa shape index (κ1) is 23.2. The predicted molar refractivity (Wildman–Crippen MR) is 127 cm³/mol. The molecular weight excluding hydrogens is 432 g/mol. The first-order valence-electron chi connectivity index (χ1n) is 11.2. The molecule has 7 heteroatoms. The highest BCUT2D eigenvalue weighted by atomic mass is 16.7. The molecule has 176 valence electrons. The third-order valence-corrected chi connectivity index (χ3v) is 5.66. The van der Waals surface area contributed by atoms with Crippen LogP contribution in [0.2, 0.25) is 0 Å². The maximum absolute atomic E-state index is 13.4. The molecule has 0 N–H and O–H groups in total. The van der Waals surface area contributed by atoms with Crippen LogP contribution < -0.4 is 9.47 Å². The lowest BCUT2D eigenvalue weighted by atomic mass is 10.1. The minimum absolute atomic E-state index is 0.0777. The van der Waals surface area contributed by atoms with Crippen molar-refractivity contribution in [3.05, 3.63) is 96.0 Å². The van der Waals surface area contributed by atoms with Gasteiger partial charge in [0.05, 0.1) is 12.8 Å². The van der Waals surface area contributed by atoms with E-state index >= 15 is 0 Å². The van der Waals surface area contributed by atoms with Gasteiger partial charge in [-0.3, -0.25) is 9.59 Å². The fraction of sp³-hybridized carbons (Fsp3) is 0.259. The van der Waals surface area contributed by atoms with E-state index in [9.17, 15) is 9.59 Å². The maximum atomic E-state index is 13.4. The smallest absolute Gasteiger partial charge is 0.254 e. The molecule has 4 rings (SSSR count). The van der Waals surface area contributed by atoms with E-state index in [0.717, 1.165) is 17.5 Å². The van der Waals surface area contributed by atoms with E-state index in [1.165, 1.54) is 4.90 Å². The average Bonchev–Trinajstić information content (AvgIpc) is 3.54. The molecule has 0 saturated carbocycles. The summed E-state index contributed by atoms with van der Waals surface area (Å²) in [7, 11) is 0. The Kier molecular flexibility index (Phi) is 7.32. The number of fused-ring (bicyclic) bond motifs is 1. The zero-order chi connectivity index (χ0) is 23.9. The van der Waals surface area contributed by atoms with Crippen LogP contribution in [0.5, 0.6) is 11.5 Å². The van der Waals surface area contributed by atoms with E-state index < -0.39 is 0 Å². The van der Waals surface area contributed by atoms with Crippen LogP contribution in [-0.2, 0) is 24.3 Å². The average molecular weight is 461 g/mol. The number of aryl methyl sites for hydroxylation is 1. The molecule has 34 heavy (non-hydrogen) atoms. The van der Waals surface area contributed by atoms with Gasteiger partial charge in [-0.15, -0.1) is 6.58 Å². The van der Waals surface area contributed by atoms with Crippen LogP contribution in [0.4, 0.5) is 0 Å². The summed E-state index contributed by atoms with van der Waals surface area (Å²) in [6, 6.07) is 16.7. The van der Waals surface area contributed by atoms with Crippen molar-refractivity contribution in [2.75, 3.05) is 19.9 Å². The van der Waals surface area contributed by atoms with Gasteiger partial charge in [0.15, 0.2) is 11.5 Å². The summed E-state index contributed by atoms with van der Waals surface area (Å²) in [5.74, 6) is 1.59. The van der Waals surface area contributed by atoms with E-state index in [1.807, 2.05) is 36.4 Å². The number of nitrogens with zero attached hydrogens (tertiary/aromatic N) is 2. The summed E-state index contributed by atoms with van der Waals surface area (Å²) < 4.78 is 16.3. The molecule has 3 aromatic rings. The molecule has 2 aromatic carbocycles. The van der Waals surface area contributed by atoms with Crippen molar-refractivity contribution >= 4 is 11.8 Å². The van der Waals surface area contributed by atoms with Crippen LogP contribution in [0.25, 0.3) is 0 Å². The van der Waals surface area contributed by atoms with Crippen molar-refractivity contribution in [3.8, 4) is 11.5 Å². The minimum atomic E-state index is -0.211. The molecule has 0 unspecified atom stereocenters. The first-order valence-corrected chi connectivity index (χ1v) is 11.2. The Labute approximate surface area is 199 Å². The van der Waals surface area contributed by atoms with Gasteiger partial charge in [-0.2, -0.15) is 0 Å². The Hall–Kier alpha value is -4.00. The molecule has 1 aliphatic rings. The van der Waals surface area contributed by atoms with Crippen LogP contribution in [0, 0.1) is 0 Å². The van der Waals surface area contributed by atoms with Crippen molar-refractivity contribution < 1.29 is 23.5 Å². The van der Waals surface area contributed by atoms with E-state index in [1.54, 1.807) is 35.4 Å². The second kappa shape index (κ2) is 10.7. The molecular formula is C27H28N2O5. The number of ether oxygens (including phenoxy) is 2. The van der Waals surface area contributed by atoms with Gasteiger partial charge < -0.3 is 23.7 Å². The lowest BCUT2D eigenvalue weighted by Gasteiger charge is -2.27. The van der Waals surface area contributed by atoms with E-state index in [-0.39, 0.29) is 38.2 Å². The molecule has 1 aromatic heterocycles. The van der Waals surface area contributed by atoms with Crippen LogP contribution in [0.1, 0.15) is 34.2 Å².